The maximum absolute atomic E-state index is 13.3. The predicted octanol–water partition coefficient (Wildman–Crippen LogP) is 1.03. The van der Waals surface area contributed by atoms with Crippen LogP contribution < -0.4 is 27.0 Å². The van der Waals surface area contributed by atoms with Gasteiger partial charge in [-0.05, 0) is 36.5 Å². The summed E-state index contributed by atoms with van der Waals surface area (Å²) in [6, 6.07) is 15.1. The molecule has 7 N–H and O–H groups in total. The molecule has 10 heteroatoms. The molecule has 2 rings (SSSR count). The largest absolute Gasteiger partial charge is 0.370 e. The van der Waals surface area contributed by atoms with Gasteiger partial charge in [0.05, 0.1) is 6.04 Å². The van der Waals surface area contributed by atoms with Crippen molar-refractivity contribution in [3.8, 4) is 0 Å². The van der Waals surface area contributed by atoms with E-state index in [1.807, 2.05) is 30.3 Å². The second-order valence-corrected chi connectivity index (χ2v) is 8.97. The molecule has 0 unspecified atom stereocenters. The van der Waals surface area contributed by atoms with Crippen molar-refractivity contribution in [3.63, 3.8) is 0 Å². The number of hydrogen-bond donors (Lipinski definition) is 6. The summed E-state index contributed by atoms with van der Waals surface area (Å²) in [6.45, 7) is 3.92. The molecule has 2 aromatic carbocycles. The van der Waals surface area contributed by atoms with Crippen molar-refractivity contribution in [2.24, 2.45) is 11.7 Å². The molecule has 0 heterocycles. The van der Waals surface area contributed by atoms with Crippen molar-refractivity contribution < 1.29 is 19.2 Å². The molecule has 10 nitrogen and oxygen atoms in total. The van der Waals surface area contributed by atoms with Crippen molar-refractivity contribution in [2.45, 2.75) is 51.2 Å². The van der Waals surface area contributed by atoms with E-state index < -0.39 is 35.8 Å². The normalized spacial score (nSPS) is 13.1. The summed E-state index contributed by atoms with van der Waals surface area (Å²) in [7, 11) is 0. The van der Waals surface area contributed by atoms with Crippen LogP contribution in [0, 0.1) is 11.3 Å². The average Bonchev–Trinajstić information content (AvgIpc) is 2.89. The van der Waals surface area contributed by atoms with Crippen LogP contribution in [0.25, 0.3) is 0 Å². The van der Waals surface area contributed by atoms with E-state index in [4.69, 9.17) is 11.1 Å². The summed E-state index contributed by atoms with van der Waals surface area (Å²) >= 11 is 0. The Hall–Kier alpha value is -4.21. The topological polar surface area (TPSA) is 166 Å². The molecule has 3 amide bonds. The SMILES string of the molecule is CC(C)[C@H](NC(=O)[C@H](Cc1ccccc1)NC(=O)c1ccccc1)C(=O)N[C@H]([C]=O)CCCNC(=N)N. The Labute approximate surface area is 217 Å². The molecule has 1 radical (unpaired) electrons. The first kappa shape index (κ1) is 29.0. The van der Waals surface area contributed by atoms with E-state index in [2.05, 4.69) is 21.3 Å². The van der Waals surface area contributed by atoms with Gasteiger partial charge in [-0.3, -0.25) is 24.6 Å². The quantitative estimate of drug-likeness (QED) is 0.127. The number of rotatable bonds is 14. The monoisotopic (exact) mass is 507 g/mol. The lowest BCUT2D eigenvalue weighted by Crippen LogP contribution is -2.57. The molecule has 0 aromatic heterocycles. The Kier molecular flexibility index (Phi) is 11.8. The third-order valence-electron chi connectivity index (χ3n) is 5.63. The van der Waals surface area contributed by atoms with E-state index in [1.165, 1.54) is 0 Å². The van der Waals surface area contributed by atoms with Crippen LogP contribution in [0.3, 0.4) is 0 Å². The Morgan fingerprint density at radius 2 is 1.54 bits per heavy atom. The van der Waals surface area contributed by atoms with Gasteiger partial charge in [0.25, 0.3) is 5.91 Å². The van der Waals surface area contributed by atoms with Crippen LogP contribution in [0.15, 0.2) is 60.7 Å². The minimum absolute atomic E-state index is 0.178. The molecular formula is C27H35N6O4. The molecule has 0 aliphatic carbocycles. The van der Waals surface area contributed by atoms with Gasteiger partial charge in [0.1, 0.15) is 12.1 Å². The second-order valence-electron chi connectivity index (χ2n) is 8.97. The first-order valence-electron chi connectivity index (χ1n) is 12.2. The van der Waals surface area contributed by atoms with Crippen LogP contribution in [-0.4, -0.2) is 54.6 Å². The zero-order chi connectivity index (χ0) is 27.2. The number of carbonyl (C=O) groups is 3. The molecule has 0 spiro atoms. The summed E-state index contributed by atoms with van der Waals surface area (Å²) in [5, 5.41) is 17.9. The van der Waals surface area contributed by atoms with Crippen molar-refractivity contribution in [3.05, 3.63) is 71.8 Å². The van der Waals surface area contributed by atoms with E-state index in [-0.39, 0.29) is 24.7 Å². The van der Waals surface area contributed by atoms with Crippen LogP contribution in [0.4, 0.5) is 0 Å². The van der Waals surface area contributed by atoms with Gasteiger partial charge in [0, 0.05) is 18.5 Å². The number of hydrogen-bond acceptors (Lipinski definition) is 5. The summed E-state index contributed by atoms with van der Waals surface area (Å²) in [5.74, 6) is -1.92. The third kappa shape index (κ3) is 10.1. The van der Waals surface area contributed by atoms with Crippen LogP contribution in [-0.2, 0) is 20.8 Å². The Balaban J connectivity index is 2.11. The number of nitrogens with one attached hydrogen (secondary N) is 5. The highest BCUT2D eigenvalue weighted by Crippen LogP contribution is 2.09. The fraction of sp³-hybridized carbons (Fsp3) is 0.370. The number of benzene rings is 2. The van der Waals surface area contributed by atoms with Gasteiger partial charge in [0.15, 0.2) is 5.96 Å². The molecule has 37 heavy (non-hydrogen) atoms. The Morgan fingerprint density at radius 3 is 2.11 bits per heavy atom. The first-order valence-corrected chi connectivity index (χ1v) is 12.2. The molecule has 0 aliphatic rings. The molecule has 0 bridgehead atoms. The molecule has 0 saturated heterocycles. The zero-order valence-corrected chi connectivity index (χ0v) is 21.1. The van der Waals surface area contributed by atoms with Crippen LogP contribution in [0.2, 0.25) is 0 Å². The Morgan fingerprint density at radius 1 is 0.919 bits per heavy atom. The van der Waals surface area contributed by atoms with Gasteiger partial charge < -0.3 is 27.0 Å². The average molecular weight is 508 g/mol. The molecular weight excluding hydrogens is 472 g/mol. The summed E-state index contributed by atoms with van der Waals surface area (Å²) in [4.78, 5) is 50.5. The van der Waals surface area contributed by atoms with Crippen molar-refractivity contribution in [2.75, 3.05) is 6.54 Å². The first-order chi connectivity index (χ1) is 17.7. The maximum Gasteiger partial charge on any atom is 0.251 e. The standard InChI is InChI=1S/C27H35N6O4/c1-18(2)23(26(37)31-21(17-34)14-9-15-30-27(28)29)33-25(36)22(16-19-10-5-3-6-11-19)32-24(35)20-12-7-4-8-13-20/h3-8,10-13,18,21-23H,9,14-16H2,1-2H3,(H,31,37)(H,32,35)(H,33,36)(H4,28,29,30)/t21-,22-,23-/m0/s1. The van der Waals surface area contributed by atoms with E-state index in [0.29, 0.717) is 18.5 Å². The van der Waals surface area contributed by atoms with E-state index in [0.717, 1.165) is 5.56 Å². The lowest BCUT2D eigenvalue weighted by Gasteiger charge is -2.26. The van der Waals surface area contributed by atoms with Crippen molar-refractivity contribution >= 4 is 30.0 Å². The van der Waals surface area contributed by atoms with Gasteiger partial charge >= 0.3 is 0 Å². The van der Waals surface area contributed by atoms with Gasteiger partial charge in [-0.25, -0.2) is 0 Å². The lowest BCUT2D eigenvalue weighted by atomic mass is 10.00. The maximum atomic E-state index is 13.3. The Bertz CT molecular complexity index is 1050. The summed E-state index contributed by atoms with van der Waals surface area (Å²) < 4.78 is 0. The number of nitrogens with two attached hydrogens (primary N) is 1. The highest BCUT2D eigenvalue weighted by atomic mass is 16.2. The molecule has 0 fully saturated rings. The second kappa shape index (κ2) is 15.0. The molecule has 2 aromatic rings. The number of carbonyl (C=O) groups excluding carboxylic acids is 4. The van der Waals surface area contributed by atoms with Crippen LogP contribution in [0.5, 0.6) is 0 Å². The van der Waals surface area contributed by atoms with E-state index >= 15 is 0 Å². The van der Waals surface area contributed by atoms with E-state index in [9.17, 15) is 19.2 Å². The molecule has 0 aliphatic heterocycles. The molecule has 0 saturated carbocycles. The number of amides is 3. The van der Waals surface area contributed by atoms with Gasteiger partial charge in [0.2, 0.25) is 18.1 Å². The van der Waals surface area contributed by atoms with Crippen LogP contribution >= 0.6 is 0 Å². The minimum Gasteiger partial charge on any atom is -0.370 e. The van der Waals surface area contributed by atoms with Crippen molar-refractivity contribution in [1.82, 2.24) is 21.3 Å². The number of guanidine groups is 1. The van der Waals surface area contributed by atoms with E-state index in [1.54, 1.807) is 50.5 Å². The van der Waals surface area contributed by atoms with Crippen molar-refractivity contribution in [1.29, 1.82) is 5.41 Å². The van der Waals surface area contributed by atoms with Gasteiger partial charge in [-0.2, -0.15) is 0 Å². The van der Waals surface area contributed by atoms with Gasteiger partial charge in [-0.15, -0.1) is 0 Å². The fourth-order valence-corrected chi connectivity index (χ4v) is 3.63. The molecule has 3 atom stereocenters. The third-order valence-corrected chi connectivity index (χ3v) is 5.63. The summed E-state index contributed by atoms with van der Waals surface area (Å²) in [5.41, 5.74) is 6.49. The molecule has 197 valence electrons. The van der Waals surface area contributed by atoms with Gasteiger partial charge in [-0.1, -0.05) is 62.4 Å². The lowest BCUT2D eigenvalue weighted by molar-refractivity contribution is -0.131. The smallest absolute Gasteiger partial charge is 0.251 e. The minimum atomic E-state index is -0.939. The van der Waals surface area contributed by atoms with Crippen LogP contribution in [0.1, 0.15) is 42.6 Å². The fourth-order valence-electron chi connectivity index (χ4n) is 3.63. The zero-order valence-electron chi connectivity index (χ0n) is 21.1. The highest BCUT2D eigenvalue weighted by molar-refractivity contribution is 5.98. The summed E-state index contributed by atoms with van der Waals surface area (Å²) in [6.07, 6.45) is 2.80. The highest BCUT2D eigenvalue weighted by Gasteiger charge is 2.30. The predicted molar refractivity (Wildman–Crippen MR) is 141 cm³/mol.